The van der Waals surface area contributed by atoms with Gasteiger partial charge in [-0.1, -0.05) is 6.07 Å². The highest BCUT2D eigenvalue weighted by molar-refractivity contribution is 14.0. The van der Waals surface area contributed by atoms with Crippen molar-refractivity contribution in [2.24, 2.45) is 4.99 Å². The molecule has 0 spiro atoms. The van der Waals surface area contributed by atoms with Crippen molar-refractivity contribution in [2.45, 2.75) is 32.9 Å². The summed E-state index contributed by atoms with van der Waals surface area (Å²) in [6, 6.07) is 5.89. The molecule has 0 saturated carbocycles. The number of hydrogen-bond donors (Lipinski definition) is 3. The number of ether oxygens (including phenoxy) is 1. The number of nitrogens with one attached hydrogen (secondary N) is 3. The fourth-order valence-electron chi connectivity index (χ4n) is 1.87. The summed E-state index contributed by atoms with van der Waals surface area (Å²) >= 11 is 0. The number of carbonyl (C=O) groups excluding carboxylic acids is 1. The quantitative estimate of drug-likeness (QED) is 0.251. The first-order chi connectivity index (χ1) is 11.7. The van der Waals surface area contributed by atoms with E-state index in [4.69, 9.17) is 4.74 Å². The number of aliphatic imine (C=N–C) groups is 1. The van der Waals surface area contributed by atoms with Gasteiger partial charge in [-0.2, -0.15) is 0 Å². The average molecular weight is 478 g/mol. The van der Waals surface area contributed by atoms with Gasteiger partial charge in [0, 0.05) is 34.2 Å². The Kier molecular flexibility index (Phi) is 11.0. The van der Waals surface area contributed by atoms with Gasteiger partial charge in [0.05, 0.1) is 12.2 Å². The van der Waals surface area contributed by atoms with E-state index < -0.39 is 11.7 Å². The number of anilines is 1. The minimum absolute atomic E-state index is 0. The van der Waals surface area contributed by atoms with Crippen LogP contribution in [0.3, 0.4) is 0 Å². The Hall–Kier alpha value is -1.78. The smallest absolute Gasteiger partial charge is 0.407 e. The van der Waals surface area contributed by atoms with Crippen LogP contribution >= 0.6 is 24.0 Å². The molecule has 1 aromatic rings. The largest absolute Gasteiger partial charge is 0.444 e. The van der Waals surface area contributed by atoms with Crippen LogP contribution in [0, 0.1) is 0 Å². The van der Waals surface area contributed by atoms with Crippen molar-refractivity contribution < 1.29 is 9.53 Å². The van der Waals surface area contributed by atoms with E-state index in [0.29, 0.717) is 25.6 Å². The molecular weight excluding hydrogens is 447 g/mol. The minimum Gasteiger partial charge on any atom is -0.444 e. The molecule has 26 heavy (non-hydrogen) atoms. The van der Waals surface area contributed by atoms with E-state index in [1.54, 1.807) is 7.05 Å². The molecule has 0 radical (unpaired) electrons. The zero-order chi connectivity index (χ0) is 18.9. The van der Waals surface area contributed by atoms with Crippen LogP contribution in [0.2, 0.25) is 0 Å². The SMILES string of the molecule is CN=C(NCCNC(=O)OC(C)(C)C)NCc1cccc(N(C)C)n1.I. The zero-order valence-corrected chi connectivity index (χ0v) is 18.8. The van der Waals surface area contributed by atoms with Crippen molar-refractivity contribution in [1.82, 2.24) is 20.9 Å². The van der Waals surface area contributed by atoms with Crippen LogP contribution in [0.4, 0.5) is 10.6 Å². The highest BCUT2D eigenvalue weighted by Crippen LogP contribution is 2.07. The van der Waals surface area contributed by atoms with Crippen LogP contribution in [-0.4, -0.2) is 56.9 Å². The molecule has 0 aliphatic carbocycles. The number of hydrogen-bond acceptors (Lipinski definition) is 5. The second-order valence-electron chi connectivity index (χ2n) is 6.66. The fourth-order valence-corrected chi connectivity index (χ4v) is 1.87. The van der Waals surface area contributed by atoms with Gasteiger partial charge in [-0.05, 0) is 32.9 Å². The van der Waals surface area contributed by atoms with Crippen LogP contribution in [0.1, 0.15) is 26.5 Å². The van der Waals surface area contributed by atoms with E-state index in [1.807, 2.05) is 58.0 Å². The highest BCUT2D eigenvalue weighted by Gasteiger charge is 2.15. The summed E-state index contributed by atoms with van der Waals surface area (Å²) in [6.07, 6.45) is -0.429. The number of amides is 1. The van der Waals surface area contributed by atoms with Crippen LogP contribution < -0.4 is 20.9 Å². The van der Waals surface area contributed by atoms with E-state index in [-0.39, 0.29) is 24.0 Å². The molecule has 0 unspecified atom stereocenters. The lowest BCUT2D eigenvalue weighted by atomic mass is 10.2. The van der Waals surface area contributed by atoms with Crippen LogP contribution in [0.25, 0.3) is 0 Å². The second kappa shape index (κ2) is 11.8. The molecule has 0 bridgehead atoms. The molecule has 8 nitrogen and oxygen atoms in total. The van der Waals surface area contributed by atoms with Crippen molar-refractivity contribution in [3.63, 3.8) is 0 Å². The predicted octanol–water partition coefficient (Wildman–Crippen LogP) is 1.96. The van der Waals surface area contributed by atoms with E-state index in [2.05, 4.69) is 25.9 Å². The van der Waals surface area contributed by atoms with Crippen molar-refractivity contribution >= 4 is 41.8 Å². The molecule has 1 heterocycles. The summed E-state index contributed by atoms with van der Waals surface area (Å²) in [6.45, 7) is 7.01. The summed E-state index contributed by atoms with van der Waals surface area (Å²) < 4.78 is 5.17. The molecule has 0 aliphatic rings. The number of guanidine groups is 1. The van der Waals surface area contributed by atoms with Crippen LogP contribution in [0.15, 0.2) is 23.2 Å². The number of nitrogens with zero attached hydrogens (tertiary/aromatic N) is 3. The molecule has 9 heteroatoms. The van der Waals surface area contributed by atoms with Crippen LogP contribution in [-0.2, 0) is 11.3 Å². The van der Waals surface area contributed by atoms with Gasteiger partial charge in [-0.25, -0.2) is 9.78 Å². The second-order valence-corrected chi connectivity index (χ2v) is 6.66. The number of rotatable bonds is 6. The van der Waals surface area contributed by atoms with Gasteiger partial charge in [0.15, 0.2) is 5.96 Å². The minimum atomic E-state index is -0.497. The van der Waals surface area contributed by atoms with Crippen molar-refractivity contribution in [3.8, 4) is 0 Å². The molecule has 1 amide bonds. The number of alkyl carbamates (subject to hydrolysis) is 1. The highest BCUT2D eigenvalue weighted by atomic mass is 127. The Labute approximate surface area is 173 Å². The van der Waals surface area contributed by atoms with E-state index in [1.165, 1.54) is 0 Å². The Morgan fingerprint density at radius 3 is 2.42 bits per heavy atom. The van der Waals surface area contributed by atoms with Gasteiger partial charge in [0.25, 0.3) is 0 Å². The van der Waals surface area contributed by atoms with Gasteiger partial charge in [0.2, 0.25) is 0 Å². The topological polar surface area (TPSA) is 90.9 Å². The third-order valence-electron chi connectivity index (χ3n) is 3.00. The molecule has 0 saturated heterocycles. The normalized spacial score (nSPS) is 11.2. The van der Waals surface area contributed by atoms with Gasteiger partial charge < -0.3 is 25.6 Å². The molecular formula is C17H31IN6O2. The first kappa shape index (κ1) is 24.2. The summed E-state index contributed by atoms with van der Waals surface area (Å²) in [5.41, 5.74) is 0.421. The molecule has 0 atom stereocenters. The Balaban J connectivity index is 0.00000625. The molecule has 3 N–H and O–H groups in total. The molecule has 0 aromatic carbocycles. The van der Waals surface area contributed by atoms with Crippen molar-refractivity contribution in [2.75, 3.05) is 39.1 Å². The summed E-state index contributed by atoms with van der Waals surface area (Å²) in [5, 5.41) is 9.01. The lowest BCUT2D eigenvalue weighted by Gasteiger charge is -2.20. The van der Waals surface area contributed by atoms with Gasteiger partial charge in [-0.3, -0.25) is 4.99 Å². The third kappa shape index (κ3) is 10.3. The number of carbonyl (C=O) groups is 1. The van der Waals surface area contributed by atoms with Gasteiger partial charge in [-0.15, -0.1) is 24.0 Å². The summed E-state index contributed by atoms with van der Waals surface area (Å²) in [5.74, 6) is 1.55. The maximum atomic E-state index is 11.6. The standard InChI is InChI=1S/C17H30N6O2.HI/c1-17(2,3)25-16(24)20-11-10-19-15(18-4)21-12-13-8-7-9-14(22-13)23(5)6;/h7-9H,10-12H2,1-6H3,(H,20,24)(H2,18,19,21);1H. The van der Waals surface area contributed by atoms with Gasteiger partial charge >= 0.3 is 6.09 Å². The van der Waals surface area contributed by atoms with E-state index in [9.17, 15) is 4.79 Å². The summed E-state index contributed by atoms with van der Waals surface area (Å²) in [4.78, 5) is 22.2. The summed E-state index contributed by atoms with van der Waals surface area (Å²) in [7, 11) is 5.61. The van der Waals surface area contributed by atoms with E-state index in [0.717, 1.165) is 11.5 Å². The van der Waals surface area contributed by atoms with E-state index >= 15 is 0 Å². The zero-order valence-electron chi connectivity index (χ0n) is 16.4. The third-order valence-corrected chi connectivity index (χ3v) is 3.00. The monoisotopic (exact) mass is 478 g/mol. The first-order valence-corrected chi connectivity index (χ1v) is 8.26. The Bertz CT molecular complexity index is 587. The average Bonchev–Trinajstić information content (AvgIpc) is 2.52. The van der Waals surface area contributed by atoms with Crippen molar-refractivity contribution in [1.29, 1.82) is 0 Å². The molecule has 148 valence electrons. The lowest BCUT2D eigenvalue weighted by Crippen LogP contribution is -2.42. The number of halogens is 1. The molecule has 0 fully saturated rings. The Morgan fingerprint density at radius 1 is 1.19 bits per heavy atom. The molecule has 0 aliphatic heterocycles. The number of aromatic nitrogens is 1. The molecule has 1 aromatic heterocycles. The fraction of sp³-hybridized carbons (Fsp3) is 0.588. The first-order valence-electron chi connectivity index (χ1n) is 8.26. The molecule has 1 rings (SSSR count). The lowest BCUT2D eigenvalue weighted by molar-refractivity contribution is 0.0529. The van der Waals surface area contributed by atoms with Crippen LogP contribution in [0.5, 0.6) is 0 Å². The maximum Gasteiger partial charge on any atom is 0.407 e. The number of pyridine rings is 1. The Morgan fingerprint density at radius 2 is 1.85 bits per heavy atom. The predicted molar refractivity (Wildman–Crippen MR) is 116 cm³/mol. The van der Waals surface area contributed by atoms with Crippen molar-refractivity contribution in [3.05, 3.63) is 23.9 Å². The maximum absolute atomic E-state index is 11.6. The van der Waals surface area contributed by atoms with Gasteiger partial charge in [0.1, 0.15) is 11.4 Å².